The third-order valence-corrected chi connectivity index (χ3v) is 8.91. The molecule has 236 valence electrons. The van der Waals surface area contributed by atoms with Gasteiger partial charge in [0.15, 0.2) is 0 Å². The number of halogens is 3. The maximum atomic E-state index is 13.9. The molecule has 0 aliphatic carbocycles. The minimum absolute atomic E-state index is 0.0416. The number of nitrogen functional groups attached to an aromatic ring is 1. The summed E-state index contributed by atoms with van der Waals surface area (Å²) in [4.78, 5) is 7.15. The van der Waals surface area contributed by atoms with Gasteiger partial charge in [0.2, 0.25) is 0 Å². The van der Waals surface area contributed by atoms with Crippen molar-refractivity contribution in [3.05, 3.63) is 99.7 Å². The predicted molar refractivity (Wildman–Crippen MR) is 182 cm³/mol. The van der Waals surface area contributed by atoms with E-state index in [4.69, 9.17) is 28.9 Å². The van der Waals surface area contributed by atoms with Gasteiger partial charge in [0, 0.05) is 46.6 Å². The molecule has 9 nitrogen and oxygen atoms in total. The summed E-state index contributed by atoms with van der Waals surface area (Å²) in [6, 6.07) is 17.4. The van der Waals surface area contributed by atoms with Gasteiger partial charge in [0.1, 0.15) is 17.6 Å². The summed E-state index contributed by atoms with van der Waals surface area (Å²) in [6.07, 6.45) is 5.45. The van der Waals surface area contributed by atoms with Crippen molar-refractivity contribution in [1.29, 1.82) is 5.26 Å². The first-order chi connectivity index (χ1) is 22.0. The molecule has 6 rings (SSSR count). The number of piperidine rings is 1. The molecule has 0 bridgehead atoms. The average Bonchev–Trinajstić information content (AvgIpc) is 3.51. The van der Waals surface area contributed by atoms with Crippen LogP contribution in [0.15, 0.2) is 67.0 Å². The second kappa shape index (κ2) is 12.8. The second-order valence-corrected chi connectivity index (χ2v) is 13.4. The van der Waals surface area contributed by atoms with E-state index in [0.717, 1.165) is 31.5 Å². The van der Waals surface area contributed by atoms with Gasteiger partial charge in [0.25, 0.3) is 0 Å². The van der Waals surface area contributed by atoms with Crippen LogP contribution in [-0.4, -0.2) is 43.5 Å². The lowest BCUT2D eigenvalue weighted by Gasteiger charge is -2.40. The van der Waals surface area contributed by atoms with Gasteiger partial charge in [-0.25, -0.2) is 9.07 Å². The van der Waals surface area contributed by atoms with Gasteiger partial charge in [-0.05, 0) is 81.6 Å². The quantitative estimate of drug-likeness (QED) is 0.150. The monoisotopic (exact) mass is 657 g/mol. The average molecular weight is 659 g/mol. The molecule has 4 N–H and O–H groups in total. The summed E-state index contributed by atoms with van der Waals surface area (Å²) >= 11 is 12.7. The zero-order valence-electron chi connectivity index (χ0n) is 25.7. The van der Waals surface area contributed by atoms with Crippen molar-refractivity contribution in [2.24, 2.45) is 0 Å². The Morgan fingerprint density at radius 3 is 2.57 bits per heavy atom. The maximum absolute atomic E-state index is 13.9. The Labute approximate surface area is 277 Å². The van der Waals surface area contributed by atoms with Crippen molar-refractivity contribution >= 4 is 56.9 Å². The van der Waals surface area contributed by atoms with E-state index in [2.05, 4.69) is 57.7 Å². The molecule has 1 aliphatic heterocycles. The highest BCUT2D eigenvalue weighted by atomic mass is 35.5. The molecule has 3 aromatic carbocycles. The lowest BCUT2D eigenvalue weighted by Crippen LogP contribution is -2.46. The van der Waals surface area contributed by atoms with Crippen LogP contribution in [0.3, 0.4) is 0 Å². The Morgan fingerprint density at radius 1 is 1.09 bits per heavy atom. The van der Waals surface area contributed by atoms with Crippen LogP contribution in [0.2, 0.25) is 10.0 Å². The summed E-state index contributed by atoms with van der Waals surface area (Å²) in [5.41, 5.74) is 11.0. The highest BCUT2D eigenvalue weighted by Crippen LogP contribution is 2.38. The van der Waals surface area contributed by atoms with Gasteiger partial charge in [-0.2, -0.15) is 5.26 Å². The van der Waals surface area contributed by atoms with Crippen molar-refractivity contribution in [2.45, 2.75) is 51.2 Å². The van der Waals surface area contributed by atoms with Crippen LogP contribution in [0.4, 0.5) is 27.1 Å². The minimum Gasteiger partial charge on any atom is -0.399 e. The first-order valence-corrected chi connectivity index (χ1v) is 15.8. The number of aromatic nitrogens is 4. The number of pyridine rings is 1. The zero-order chi connectivity index (χ0) is 32.6. The molecule has 0 spiro atoms. The third-order valence-electron chi connectivity index (χ3n) is 8.40. The predicted octanol–water partition coefficient (Wildman–Crippen LogP) is 8.11. The zero-order valence-corrected chi connectivity index (χ0v) is 27.2. The van der Waals surface area contributed by atoms with Gasteiger partial charge in [-0.15, -0.1) is 5.10 Å². The topological polar surface area (TPSA) is 121 Å². The van der Waals surface area contributed by atoms with Crippen LogP contribution < -0.4 is 16.4 Å². The number of anilines is 4. The van der Waals surface area contributed by atoms with Crippen molar-refractivity contribution in [2.75, 3.05) is 29.5 Å². The molecule has 1 aliphatic rings. The van der Waals surface area contributed by atoms with E-state index in [0.29, 0.717) is 44.4 Å². The van der Waals surface area contributed by atoms with Crippen molar-refractivity contribution in [1.82, 2.24) is 24.9 Å². The van der Waals surface area contributed by atoms with Crippen molar-refractivity contribution in [3.8, 4) is 6.07 Å². The molecule has 0 unspecified atom stereocenters. The second-order valence-electron chi connectivity index (χ2n) is 12.5. The molecule has 0 amide bonds. The Kier molecular flexibility index (Phi) is 8.75. The van der Waals surface area contributed by atoms with Gasteiger partial charge in [-0.3, -0.25) is 9.88 Å². The van der Waals surface area contributed by atoms with E-state index in [1.54, 1.807) is 18.2 Å². The molecule has 2 aromatic heterocycles. The van der Waals surface area contributed by atoms with E-state index in [-0.39, 0.29) is 22.2 Å². The van der Waals surface area contributed by atoms with Crippen molar-refractivity contribution < 1.29 is 4.39 Å². The SMILES string of the molecule is CC(C)(C)N1CCC(n2cc([C@@H](Nc3cc(Cl)cc4c(Nc5ccc(F)c(Cl)c5)c(C#N)cnc34)c3cccc(N)c3)nn2)CC1. The highest BCUT2D eigenvalue weighted by molar-refractivity contribution is 6.32. The lowest BCUT2D eigenvalue weighted by molar-refractivity contribution is 0.0866. The smallest absolute Gasteiger partial charge is 0.141 e. The number of hydrogen-bond acceptors (Lipinski definition) is 8. The van der Waals surface area contributed by atoms with E-state index in [1.165, 1.54) is 18.3 Å². The van der Waals surface area contributed by atoms with Crippen LogP contribution in [0.25, 0.3) is 10.9 Å². The molecular weight excluding hydrogens is 624 g/mol. The standard InChI is InChI=1S/C34H34Cl2FN9/c1-34(2,3)45-11-9-25(10-12-45)46-19-30(43-44-46)32(20-5-4-6-23(39)13-20)42-29-15-22(35)14-26-31(21(17-38)18-40-33(26)29)41-24-7-8-28(37)27(36)16-24/h4-8,13-16,18-19,25,32,42H,9-12,39H2,1-3H3,(H,40,41)/t32-/m0/s1. The molecule has 5 aromatic rings. The molecule has 3 heterocycles. The number of likely N-dealkylation sites (tertiary alicyclic amines) is 1. The fraction of sp³-hybridized carbons (Fsp3) is 0.294. The fourth-order valence-corrected chi connectivity index (χ4v) is 6.34. The summed E-state index contributed by atoms with van der Waals surface area (Å²) in [5.74, 6) is -0.540. The summed E-state index contributed by atoms with van der Waals surface area (Å²) < 4.78 is 15.8. The summed E-state index contributed by atoms with van der Waals surface area (Å²) in [5, 5.41) is 26.9. The number of nitrogens with zero attached hydrogens (tertiary/aromatic N) is 6. The summed E-state index contributed by atoms with van der Waals surface area (Å²) in [6.45, 7) is 8.72. The fourth-order valence-electron chi connectivity index (χ4n) is 5.94. The van der Waals surface area contributed by atoms with Crippen LogP contribution in [-0.2, 0) is 0 Å². The highest BCUT2D eigenvalue weighted by Gasteiger charge is 2.29. The third kappa shape index (κ3) is 6.58. The molecular formula is C34H34Cl2FN9. The number of nitriles is 1. The van der Waals surface area contributed by atoms with Gasteiger partial charge < -0.3 is 16.4 Å². The van der Waals surface area contributed by atoms with E-state index < -0.39 is 11.9 Å². The summed E-state index contributed by atoms with van der Waals surface area (Å²) in [7, 11) is 0. The molecule has 0 radical (unpaired) electrons. The Hall–Kier alpha value is -4.43. The van der Waals surface area contributed by atoms with Gasteiger partial charge in [-0.1, -0.05) is 40.5 Å². The number of nitrogens with two attached hydrogens (primary N) is 1. The molecule has 1 fully saturated rings. The van der Waals surface area contributed by atoms with Crippen LogP contribution >= 0.6 is 23.2 Å². The Balaban J connectivity index is 1.38. The van der Waals surface area contributed by atoms with Gasteiger partial charge in [0.05, 0.1) is 45.8 Å². The van der Waals surface area contributed by atoms with Crippen LogP contribution in [0, 0.1) is 17.1 Å². The van der Waals surface area contributed by atoms with E-state index in [1.807, 2.05) is 35.1 Å². The molecule has 46 heavy (non-hydrogen) atoms. The minimum atomic E-state index is -0.540. The largest absolute Gasteiger partial charge is 0.399 e. The molecule has 0 saturated carbocycles. The van der Waals surface area contributed by atoms with E-state index in [9.17, 15) is 9.65 Å². The normalized spacial score (nSPS) is 15.1. The first kappa shape index (κ1) is 31.5. The van der Waals surface area contributed by atoms with Crippen molar-refractivity contribution in [3.63, 3.8) is 0 Å². The maximum Gasteiger partial charge on any atom is 0.141 e. The number of rotatable bonds is 7. The molecule has 12 heteroatoms. The molecule has 1 atom stereocenters. The van der Waals surface area contributed by atoms with Crippen LogP contribution in [0.5, 0.6) is 0 Å². The number of fused-ring (bicyclic) bond motifs is 1. The first-order valence-electron chi connectivity index (χ1n) is 15.0. The number of benzene rings is 3. The molecule has 1 saturated heterocycles. The Morgan fingerprint density at radius 2 is 1.87 bits per heavy atom. The number of nitrogens with one attached hydrogen (secondary N) is 2. The number of hydrogen-bond donors (Lipinski definition) is 3. The van der Waals surface area contributed by atoms with Crippen LogP contribution in [0.1, 0.15) is 62.5 Å². The van der Waals surface area contributed by atoms with Gasteiger partial charge >= 0.3 is 0 Å². The lowest BCUT2D eigenvalue weighted by atomic mass is 9.98. The van der Waals surface area contributed by atoms with E-state index >= 15 is 0 Å². The Bertz CT molecular complexity index is 1940.